The quantitative estimate of drug-likeness (QED) is 0.533. The fourth-order valence-electron chi connectivity index (χ4n) is 0.780. The van der Waals surface area contributed by atoms with Crippen LogP contribution in [0.3, 0.4) is 0 Å². The normalized spacial score (nSPS) is 9.50. The molecule has 76 valence electrons. The van der Waals surface area contributed by atoms with Crippen molar-refractivity contribution < 1.29 is 23.5 Å². The monoisotopic (exact) mass is 198 g/mol. The molecule has 0 atom stereocenters. The van der Waals surface area contributed by atoms with Crippen LogP contribution in [0.2, 0.25) is 0 Å². The predicted molar refractivity (Wildman–Crippen MR) is 45.1 cm³/mol. The highest BCUT2D eigenvalue weighted by molar-refractivity contribution is 6.29. The van der Waals surface area contributed by atoms with E-state index in [2.05, 4.69) is 9.47 Å². The lowest BCUT2D eigenvalue weighted by Gasteiger charge is -2.01. The summed E-state index contributed by atoms with van der Waals surface area (Å²) in [6.07, 6.45) is 1.45. The summed E-state index contributed by atoms with van der Waals surface area (Å²) >= 11 is 0. The number of hydrogen-bond donors (Lipinski definition) is 0. The van der Waals surface area contributed by atoms with Crippen LogP contribution in [0.25, 0.3) is 0 Å². The van der Waals surface area contributed by atoms with Gasteiger partial charge in [-0.3, -0.25) is 0 Å². The lowest BCUT2D eigenvalue weighted by molar-refractivity contribution is -0.168. The standard InChI is InChI=1S/C9H10O5/c1-2-12-8(10)9(11)14-6-7-4-3-5-13-7/h3-5H,2,6H2,1H3. The molecule has 0 unspecified atom stereocenters. The van der Waals surface area contributed by atoms with E-state index in [1.54, 1.807) is 19.1 Å². The van der Waals surface area contributed by atoms with Gasteiger partial charge < -0.3 is 13.9 Å². The summed E-state index contributed by atoms with van der Waals surface area (Å²) < 4.78 is 13.9. The molecule has 5 heteroatoms. The molecular weight excluding hydrogens is 188 g/mol. The van der Waals surface area contributed by atoms with Crippen molar-refractivity contribution in [1.82, 2.24) is 0 Å². The van der Waals surface area contributed by atoms with Crippen LogP contribution in [-0.2, 0) is 25.7 Å². The van der Waals surface area contributed by atoms with Crippen LogP contribution >= 0.6 is 0 Å². The van der Waals surface area contributed by atoms with Gasteiger partial charge in [-0.25, -0.2) is 9.59 Å². The van der Waals surface area contributed by atoms with Gasteiger partial charge in [0.05, 0.1) is 12.9 Å². The Hall–Kier alpha value is -1.78. The maximum Gasteiger partial charge on any atom is 0.417 e. The van der Waals surface area contributed by atoms with Crippen molar-refractivity contribution in [2.24, 2.45) is 0 Å². The second-order valence-corrected chi connectivity index (χ2v) is 2.38. The molecule has 0 aliphatic carbocycles. The summed E-state index contributed by atoms with van der Waals surface area (Å²) in [7, 11) is 0. The van der Waals surface area contributed by atoms with Crippen molar-refractivity contribution in [3.05, 3.63) is 24.2 Å². The summed E-state index contributed by atoms with van der Waals surface area (Å²) in [6, 6.07) is 3.30. The Labute approximate surface area is 80.6 Å². The van der Waals surface area contributed by atoms with Gasteiger partial charge in [-0.15, -0.1) is 0 Å². The fourth-order valence-corrected chi connectivity index (χ4v) is 0.780. The van der Waals surface area contributed by atoms with Gasteiger partial charge in [0.2, 0.25) is 0 Å². The van der Waals surface area contributed by atoms with E-state index in [1.165, 1.54) is 6.26 Å². The zero-order valence-corrected chi connectivity index (χ0v) is 7.69. The number of furan rings is 1. The number of carbonyl (C=O) groups excluding carboxylic acids is 2. The van der Waals surface area contributed by atoms with Crippen molar-refractivity contribution in [2.45, 2.75) is 13.5 Å². The minimum atomic E-state index is -1.01. The maximum absolute atomic E-state index is 10.9. The topological polar surface area (TPSA) is 65.7 Å². The van der Waals surface area contributed by atoms with E-state index in [1.807, 2.05) is 0 Å². The minimum Gasteiger partial charge on any atom is -0.466 e. The van der Waals surface area contributed by atoms with Gasteiger partial charge in [-0.2, -0.15) is 0 Å². The Balaban J connectivity index is 2.31. The van der Waals surface area contributed by atoms with Gasteiger partial charge in [0.25, 0.3) is 0 Å². The van der Waals surface area contributed by atoms with Crippen molar-refractivity contribution in [1.29, 1.82) is 0 Å². The largest absolute Gasteiger partial charge is 0.466 e. The Morgan fingerprint density at radius 3 is 2.64 bits per heavy atom. The third kappa shape index (κ3) is 2.93. The highest BCUT2D eigenvalue weighted by Gasteiger charge is 2.16. The van der Waals surface area contributed by atoms with Crippen LogP contribution in [0.15, 0.2) is 22.8 Å². The number of hydrogen-bond acceptors (Lipinski definition) is 5. The van der Waals surface area contributed by atoms with E-state index >= 15 is 0 Å². The number of esters is 2. The van der Waals surface area contributed by atoms with Gasteiger partial charge in [-0.05, 0) is 19.1 Å². The Morgan fingerprint density at radius 2 is 2.07 bits per heavy atom. The lowest BCUT2D eigenvalue weighted by Crippen LogP contribution is -2.19. The first-order chi connectivity index (χ1) is 6.74. The molecule has 0 bridgehead atoms. The summed E-state index contributed by atoms with van der Waals surface area (Å²) in [5.41, 5.74) is 0. The van der Waals surface area contributed by atoms with Gasteiger partial charge in [0, 0.05) is 0 Å². The summed E-state index contributed by atoms with van der Waals surface area (Å²) in [4.78, 5) is 21.7. The van der Waals surface area contributed by atoms with Crippen molar-refractivity contribution in [3.63, 3.8) is 0 Å². The third-order valence-electron chi connectivity index (χ3n) is 1.37. The molecule has 0 aliphatic heterocycles. The zero-order valence-electron chi connectivity index (χ0n) is 7.69. The van der Waals surface area contributed by atoms with Gasteiger partial charge in [0.15, 0.2) is 0 Å². The van der Waals surface area contributed by atoms with Crippen LogP contribution in [0.4, 0.5) is 0 Å². The average molecular weight is 198 g/mol. The first-order valence-electron chi connectivity index (χ1n) is 4.10. The molecule has 1 aromatic heterocycles. The molecule has 0 aliphatic rings. The molecule has 5 nitrogen and oxygen atoms in total. The SMILES string of the molecule is CCOC(=O)C(=O)OCc1ccco1. The molecule has 0 amide bonds. The van der Waals surface area contributed by atoms with Crippen molar-refractivity contribution in [3.8, 4) is 0 Å². The molecule has 0 N–H and O–H groups in total. The molecule has 1 aromatic rings. The molecule has 0 saturated heterocycles. The summed E-state index contributed by atoms with van der Waals surface area (Å²) in [5, 5.41) is 0. The minimum absolute atomic E-state index is 0.0648. The highest BCUT2D eigenvalue weighted by atomic mass is 16.6. The summed E-state index contributed by atoms with van der Waals surface area (Å²) in [6.45, 7) is 1.69. The van der Waals surface area contributed by atoms with Crippen molar-refractivity contribution in [2.75, 3.05) is 6.61 Å². The van der Waals surface area contributed by atoms with Gasteiger partial charge in [0.1, 0.15) is 12.4 Å². The molecule has 0 fully saturated rings. The number of carbonyl (C=O) groups is 2. The van der Waals surface area contributed by atoms with Crippen LogP contribution in [-0.4, -0.2) is 18.5 Å². The van der Waals surface area contributed by atoms with Crippen LogP contribution in [0.5, 0.6) is 0 Å². The molecule has 0 radical (unpaired) electrons. The third-order valence-corrected chi connectivity index (χ3v) is 1.37. The molecule has 1 rings (SSSR count). The molecular formula is C9H10O5. The molecule has 0 saturated carbocycles. The maximum atomic E-state index is 10.9. The van der Waals surface area contributed by atoms with E-state index in [0.717, 1.165) is 0 Å². The summed E-state index contributed by atoms with van der Waals surface area (Å²) in [5.74, 6) is -1.52. The molecule has 0 aromatic carbocycles. The van der Waals surface area contributed by atoms with Crippen LogP contribution in [0, 0.1) is 0 Å². The first-order valence-corrected chi connectivity index (χ1v) is 4.10. The Bertz CT molecular complexity index is 301. The Morgan fingerprint density at radius 1 is 1.36 bits per heavy atom. The lowest BCUT2D eigenvalue weighted by atomic mass is 10.5. The van der Waals surface area contributed by atoms with E-state index in [4.69, 9.17) is 4.42 Å². The van der Waals surface area contributed by atoms with E-state index in [9.17, 15) is 9.59 Å². The van der Waals surface area contributed by atoms with Crippen LogP contribution < -0.4 is 0 Å². The van der Waals surface area contributed by atoms with E-state index < -0.39 is 11.9 Å². The number of ether oxygens (including phenoxy) is 2. The molecule has 14 heavy (non-hydrogen) atoms. The first kappa shape index (κ1) is 10.3. The van der Waals surface area contributed by atoms with E-state index in [-0.39, 0.29) is 13.2 Å². The Kier molecular flexibility index (Phi) is 3.72. The van der Waals surface area contributed by atoms with Crippen LogP contribution in [0.1, 0.15) is 12.7 Å². The van der Waals surface area contributed by atoms with Gasteiger partial charge >= 0.3 is 11.9 Å². The second-order valence-electron chi connectivity index (χ2n) is 2.38. The smallest absolute Gasteiger partial charge is 0.417 e. The number of rotatable bonds is 3. The molecule has 1 heterocycles. The average Bonchev–Trinajstić information content (AvgIpc) is 2.67. The zero-order chi connectivity index (χ0) is 10.4. The van der Waals surface area contributed by atoms with E-state index in [0.29, 0.717) is 5.76 Å². The predicted octanol–water partition coefficient (Wildman–Crippen LogP) is 0.886. The van der Waals surface area contributed by atoms with Crippen molar-refractivity contribution >= 4 is 11.9 Å². The fraction of sp³-hybridized carbons (Fsp3) is 0.333. The second kappa shape index (κ2) is 5.06. The van der Waals surface area contributed by atoms with Gasteiger partial charge in [-0.1, -0.05) is 0 Å². The highest BCUT2D eigenvalue weighted by Crippen LogP contribution is 2.01. The molecule has 0 spiro atoms.